The molecule has 0 aliphatic heterocycles. The molecule has 1 spiro atoms. The monoisotopic (exact) mass is 815 g/mol. The quantitative estimate of drug-likeness (QED) is 0.173. The maximum absolute atomic E-state index is 6.92. The van der Waals surface area contributed by atoms with E-state index in [9.17, 15) is 0 Å². The average Bonchev–Trinajstić information content (AvgIpc) is 4.10. The second-order valence-electron chi connectivity index (χ2n) is 17.1. The normalized spacial score (nSPS) is 13.1. The lowest BCUT2D eigenvalue weighted by molar-refractivity contribution is 0.668. The van der Waals surface area contributed by atoms with Crippen LogP contribution < -0.4 is 4.90 Å². The summed E-state index contributed by atoms with van der Waals surface area (Å²) in [5, 5.41) is 4.37. The summed E-state index contributed by atoms with van der Waals surface area (Å²) < 4.78 is 13.3. The molecule has 14 rings (SSSR count). The number of rotatable bonds is 5. The van der Waals surface area contributed by atoms with Gasteiger partial charge in [0.25, 0.3) is 0 Å². The molecule has 2 aliphatic rings. The van der Waals surface area contributed by atoms with Gasteiger partial charge >= 0.3 is 0 Å². The van der Waals surface area contributed by atoms with Gasteiger partial charge in [-0.05, 0) is 116 Å². The van der Waals surface area contributed by atoms with Crippen molar-refractivity contribution >= 4 is 60.9 Å². The fourth-order valence-electron chi connectivity index (χ4n) is 11.2. The predicted molar refractivity (Wildman–Crippen MR) is 263 cm³/mol. The highest BCUT2D eigenvalue weighted by molar-refractivity contribution is 6.12. The van der Waals surface area contributed by atoms with Crippen molar-refractivity contribution in [1.82, 2.24) is 0 Å². The van der Waals surface area contributed by atoms with E-state index in [0.29, 0.717) is 0 Å². The van der Waals surface area contributed by atoms with Crippen molar-refractivity contribution in [3.8, 4) is 44.5 Å². The minimum absolute atomic E-state index is 0.536. The molecule has 2 aromatic heterocycles. The van der Waals surface area contributed by atoms with Gasteiger partial charge in [-0.3, -0.25) is 0 Å². The summed E-state index contributed by atoms with van der Waals surface area (Å²) in [5.41, 5.74) is 20.8. The van der Waals surface area contributed by atoms with Crippen molar-refractivity contribution in [1.29, 1.82) is 0 Å². The van der Waals surface area contributed by atoms with Crippen molar-refractivity contribution in [3.63, 3.8) is 0 Å². The number of hydrogen-bond acceptors (Lipinski definition) is 3. The summed E-state index contributed by atoms with van der Waals surface area (Å²) in [6.45, 7) is 0. The zero-order chi connectivity index (χ0) is 41.9. The first-order valence-electron chi connectivity index (χ1n) is 22.0. The molecular formula is C61H37NO2. The van der Waals surface area contributed by atoms with Gasteiger partial charge in [0.1, 0.15) is 16.7 Å². The summed E-state index contributed by atoms with van der Waals surface area (Å²) in [6, 6.07) is 81.7. The summed E-state index contributed by atoms with van der Waals surface area (Å²) >= 11 is 0. The first kappa shape index (κ1) is 35.2. The topological polar surface area (TPSA) is 29.5 Å². The minimum Gasteiger partial charge on any atom is -0.456 e. The van der Waals surface area contributed by atoms with Crippen LogP contribution in [0.4, 0.5) is 17.1 Å². The molecule has 3 nitrogen and oxygen atoms in total. The van der Waals surface area contributed by atoms with E-state index in [-0.39, 0.29) is 0 Å². The third kappa shape index (κ3) is 4.81. The summed E-state index contributed by atoms with van der Waals surface area (Å²) in [5.74, 6) is 0. The number of fused-ring (bicyclic) bond motifs is 16. The molecule has 0 saturated carbocycles. The van der Waals surface area contributed by atoms with Crippen LogP contribution in [0, 0.1) is 0 Å². The molecule has 0 bridgehead atoms. The van der Waals surface area contributed by atoms with Gasteiger partial charge in [0, 0.05) is 32.8 Å². The van der Waals surface area contributed by atoms with Crippen LogP contribution in [-0.4, -0.2) is 0 Å². The van der Waals surface area contributed by atoms with E-state index in [0.717, 1.165) is 77.6 Å². The van der Waals surface area contributed by atoms with Crippen LogP contribution in [0.15, 0.2) is 233 Å². The third-order valence-corrected chi connectivity index (χ3v) is 13.9. The van der Waals surface area contributed by atoms with E-state index in [2.05, 4.69) is 217 Å². The van der Waals surface area contributed by atoms with Gasteiger partial charge in [0.2, 0.25) is 0 Å². The minimum atomic E-state index is -0.536. The van der Waals surface area contributed by atoms with E-state index in [1.54, 1.807) is 0 Å². The molecule has 0 saturated heterocycles. The van der Waals surface area contributed by atoms with Gasteiger partial charge in [-0.25, -0.2) is 0 Å². The van der Waals surface area contributed by atoms with E-state index < -0.39 is 5.41 Å². The molecule has 298 valence electrons. The Kier molecular flexibility index (Phi) is 7.32. The first-order valence-corrected chi connectivity index (χ1v) is 22.0. The zero-order valence-corrected chi connectivity index (χ0v) is 34.6. The van der Waals surface area contributed by atoms with Crippen LogP contribution in [-0.2, 0) is 5.41 Å². The average molecular weight is 816 g/mol. The Morgan fingerprint density at radius 2 is 0.828 bits per heavy atom. The molecule has 12 aromatic rings. The lowest BCUT2D eigenvalue weighted by atomic mass is 9.70. The van der Waals surface area contributed by atoms with E-state index >= 15 is 0 Å². The predicted octanol–water partition coefficient (Wildman–Crippen LogP) is 16.6. The second-order valence-corrected chi connectivity index (χ2v) is 17.1. The first-order chi connectivity index (χ1) is 31.7. The summed E-state index contributed by atoms with van der Waals surface area (Å²) in [7, 11) is 0. The summed E-state index contributed by atoms with van der Waals surface area (Å²) in [6.07, 6.45) is 0. The molecule has 2 heterocycles. The van der Waals surface area contributed by atoms with Crippen LogP contribution >= 0.6 is 0 Å². The molecule has 0 N–H and O–H groups in total. The highest BCUT2D eigenvalue weighted by Crippen LogP contribution is 2.64. The van der Waals surface area contributed by atoms with Gasteiger partial charge in [0.15, 0.2) is 5.58 Å². The van der Waals surface area contributed by atoms with E-state index in [1.165, 1.54) is 50.1 Å². The number of anilines is 3. The molecule has 0 unspecified atom stereocenters. The Morgan fingerprint density at radius 1 is 0.297 bits per heavy atom. The van der Waals surface area contributed by atoms with Gasteiger partial charge in [-0.1, -0.05) is 170 Å². The van der Waals surface area contributed by atoms with Crippen LogP contribution in [0.1, 0.15) is 22.3 Å². The maximum Gasteiger partial charge on any atom is 0.159 e. The van der Waals surface area contributed by atoms with Crippen molar-refractivity contribution in [2.75, 3.05) is 4.90 Å². The Bertz CT molecular complexity index is 3810. The Labute approximate surface area is 369 Å². The van der Waals surface area contributed by atoms with Crippen molar-refractivity contribution in [2.45, 2.75) is 5.41 Å². The van der Waals surface area contributed by atoms with Crippen LogP contribution in [0.25, 0.3) is 88.4 Å². The zero-order valence-electron chi connectivity index (χ0n) is 34.6. The molecule has 0 atom stereocenters. The molecule has 0 radical (unpaired) electrons. The number of para-hydroxylation sites is 3. The third-order valence-electron chi connectivity index (χ3n) is 13.9. The van der Waals surface area contributed by atoms with E-state index in [4.69, 9.17) is 8.83 Å². The lowest BCUT2D eigenvalue weighted by Crippen LogP contribution is -2.26. The molecule has 2 aliphatic carbocycles. The number of benzene rings is 10. The van der Waals surface area contributed by atoms with Gasteiger partial charge < -0.3 is 13.7 Å². The van der Waals surface area contributed by atoms with Crippen LogP contribution in [0.3, 0.4) is 0 Å². The highest BCUT2D eigenvalue weighted by Gasteiger charge is 2.52. The van der Waals surface area contributed by atoms with Crippen molar-refractivity contribution in [2.24, 2.45) is 0 Å². The highest BCUT2D eigenvalue weighted by atomic mass is 16.3. The number of nitrogens with zero attached hydrogens (tertiary/aromatic N) is 1. The molecule has 64 heavy (non-hydrogen) atoms. The lowest BCUT2D eigenvalue weighted by Gasteiger charge is -2.33. The molecular weight excluding hydrogens is 779 g/mol. The van der Waals surface area contributed by atoms with Crippen molar-refractivity contribution < 1.29 is 8.83 Å². The smallest absolute Gasteiger partial charge is 0.159 e. The molecule has 10 aromatic carbocycles. The molecule has 0 fully saturated rings. The van der Waals surface area contributed by atoms with Gasteiger partial charge in [-0.15, -0.1) is 0 Å². The molecule has 0 amide bonds. The van der Waals surface area contributed by atoms with Crippen molar-refractivity contribution in [3.05, 3.63) is 247 Å². The Morgan fingerprint density at radius 3 is 1.53 bits per heavy atom. The SMILES string of the molecule is c1ccc(-c2ccc(N(c3cc4c(cc3-c3ccc5oc6ccccc6c5c3)-c3ccccc3C43c4ccccc4-c4ccccc43)c3cccc4c3oc3ccccc34)cc2)cc1. The summed E-state index contributed by atoms with van der Waals surface area (Å²) in [4.78, 5) is 2.44. The molecule has 3 heteroatoms. The standard InChI is InChI=1S/C61H37NO2/c1-2-15-38(16-3-1)39-29-32-41(33-30-39)62(55-26-14-22-47-45-20-7-13-28-58(45)64-60(47)55)56-37-54-49(36-48(56)40-31-34-59-50(35-40)46-21-8-12-27-57(46)63-59)44-19-6-11-25-53(44)61(54)51-23-9-4-17-42(51)43-18-5-10-24-52(43)61/h1-37H. The van der Waals surface area contributed by atoms with Gasteiger partial charge in [0.05, 0.1) is 16.8 Å². The largest absolute Gasteiger partial charge is 0.456 e. The van der Waals surface area contributed by atoms with E-state index in [1.807, 2.05) is 12.1 Å². The Balaban J connectivity index is 1.12. The fraction of sp³-hybridized carbons (Fsp3) is 0.0164. The van der Waals surface area contributed by atoms with Crippen LogP contribution in [0.5, 0.6) is 0 Å². The Hall–Kier alpha value is -8.40. The number of furan rings is 2. The second kappa shape index (κ2) is 13.3. The van der Waals surface area contributed by atoms with Crippen LogP contribution in [0.2, 0.25) is 0 Å². The number of hydrogen-bond donors (Lipinski definition) is 0. The fourth-order valence-corrected chi connectivity index (χ4v) is 11.2. The van der Waals surface area contributed by atoms with Gasteiger partial charge in [-0.2, -0.15) is 0 Å². The maximum atomic E-state index is 6.92.